The molecule has 1 aromatic carbocycles. The molecule has 1 aliphatic rings. The molecule has 1 aliphatic heterocycles. The predicted octanol–water partition coefficient (Wildman–Crippen LogP) is 2.51. The number of benzene rings is 1. The maximum atomic E-state index is 6.02. The lowest BCUT2D eigenvalue weighted by atomic mass is 9.98. The van der Waals surface area contributed by atoms with Gasteiger partial charge in [-0.3, -0.25) is 4.90 Å². The van der Waals surface area contributed by atoms with Gasteiger partial charge in [0.2, 0.25) is 0 Å². The van der Waals surface area contributed by atoms with Crippen LogP contribution in [-0.2, 0) is 13.0 Å². The summed E-state index contributed by atoms with van der Waals surface area (Å²) in [4.78, 5) is 8.17. The summed E-state index contributed by atoms with van der Waals surface area (Å²) in [5.74, 6) is 0. The van der Waals surface area contributed by atoms with Gasteiger partial charge in [0.05, 0.1) is 17.2 Å². The molecule has 0 spiro atoms. The van der Waals surface area contributed by atoms with Crippen molar-refractivity contribution in [3.8, 4) is 0 Å². The van der Waals surface area contributed by atoms with Crippen molar-refractivity contribution in [2.24, 2.45) is 5.73 Å². The SMILES string of the molecule is Cc1ncsc1C(CN)N1CCc2ccccc2C1. The largest absolute Gasteiger partial charge is 0.329 e. The molecule has 0 saturated carbocycles. The van der Waals surface area contributed by atoms with Gasteiger partial charge >= 0.3 is 0 Å². The van der Waals surface area contributed by atoms with Crippen molar-refractivity contribution in [3.05, 3.63) is 51.5 Å². The van der Waals surface area contributed by atoms with E-state index in [1.807, 2.05) is 5.51 Å². The van der Waals surface area contributed by atoms with Gasteiger partial charge in [-0.05, 0) is 24.5 Å². The van der Waals surface area contributed by atoms with Gasteiger partial charge in [-0.15, -0.1) is 11.3 Å². The second-order valence-corrected chi connectivity index (χ2v) is 5.93. The quantitative estimate of drug-likeness (QED) is 0.934. The summed E-state index contributed by atoms with van der Waals surface area (Å²) in [7, 11) is 0. The first kappa shape index (κ1) is 12.8. The smallest absolute Gasteiger partial charge is 0.0798 e. The highest BCUT2D eigenvalue weighted by atomic mass is 32.1. The van der Waals surface area contributed by atoms with Crippen LogP contribution >= 0.6 is 11.3 Å². The Kier molecular flexibility index (Phi) is 3.64. The Labute approximate surface area is 118 Å². The molecule has 2 N–H and O–H groups in total. The van der Waals surface area contributed by atoms with Gasteiger partial charge in [0.1, 0.15) is 0 Å². The lowest BCUT2D eigenvalue weighted by Crippen LogP contribution is -2.37. The summed E-state index contributed by atoms with van der Waals surface area (Å²) in [5, 5.41) is 0. The van der Waals surface area contributed by atoms with E-state index in [-0.39, 0.29) is 0 Å². The molecular weight excluding hydrogens is 254 g/mol. The van der Waals surface area contributed by atoms with Gasteiger partial charge < -0.3 is 5.73 Å². The molecule has 100 valence electrons. The molecule has 1 aromatic heterocycles. The molecule has 0 aliphatic carbocycles. The Morgan fingerprint density at radius 3 is 2.84 bits per heavy atom. The fourth-order valence-electron chi connectivity index (χ4n) is 2.84. The zero-order chi connectivity index (χ0) is 13.2. The standard InChI is InChI=1S/C15H19N3S/c1-11-15(19-10-17-11)14(8-16)18-7-6-12-4-2-3-5-13(12)9-18/h2-5,10,14H,6-9,16H2,1H3. The first-order chi connectivity index (χ1) is 9.29. The van der Waals surface area contributed by atoms with E-state index >= 15 is 0 Å². The predicted molar refractivity (Wildman–Crippen MR) is 79.2 cm³/mol. The van der Waals surface area contributed by atoms with Gasteiger partial charge in [0.15, 0.2) is 0 Å². The molecule has 0 amide bonds. The van der Waals surface area contributed by atoms with Crippen molar-refractivity contribution in [3.63, 3.8) is 0 Å². The van der Waals surface area contributed by atoms with Crippen molar-refractivity contribution in [2.45, 2.75) is 25.9 Å². The molecule has 2 aromatic rings. The van der Waals surface area contributed by atoms with Crippen LogP contribution in [0.25, 0.3) is 0 Å². The van der Waals surface area contributed by atoms with E-state index in [0.717, 1.165) is 25.2 Å². The molecule has 4 heteroatoms. The van der Waals surface area contributed by atoms with Crippen molar-refractivity contribution in [1.82, 2.24) is 9.88 Å². The maximum absolute atomic E-state index is 6.02. The molecule has 3 nitrogen and oxygen atoms in total. The normalized spacial score (nSPS) is 17.2. The molecule has 19 heavy (non-hydrogen) atoms. The average Bonchev–Trinajstić information content (AvgIpc) is 2.86. The number of aryl methyl sites for hydroxylation is 1. The number of fused-ring (bicyclic) bond motifs is 1. The Morgan fingerprint density at radius 2 is 2.16 bits per heavy atom. The monoisotopic (exact) mass is 273 g/mol. The second-order valence-electron chi connectivity index (χ2n) is 5.04. The Hall–Kier alpha value is -1.23. The topological polar surface area (TPSA) is 42.1 Å². The number of hydrogen-bond acceptors (Lipinski definition) is 4. The lowest BCUT2D eigenvalue weighted by Gasteiger charge is -2.34. The summed E-state index contributed by atoms with van der Waals surface area (Å²) in [6.45, 7) is 4.81. The Balaban J connectivity index is 1.85. The number of rotatable bonds is 3. The Bertz CT molecular complexity index is 564. The highest BCUT2D eigenvalue weighted by molar-refractivity contribution is 7.09. The van der Waals surface area contributed by atoms with Crippen LogP contribution in [0.5, 0.6) is 0 Å². The number of hydrogen-bond donors (Lipinski definition) is 1. The lowest BCUT2D eigenvalue weighted by molar-refractivity contribution is 0.185. The van der Waals surface area contributed by atoms with Crippen LogP contribution in [0.2, 0.25) is 0 Å². The fraction of sp³-hybridized carbons (Fsp3) is 0.400. The highest BCUT2D eigenvalue weighted by Crippen LogP contribution is 2.30. The Morgan fingerprint density at radius 1 is 1.37 bits per heavy atom. The third-order valence-corrected chi connectivity index (χ3v) is 4.94. The summed E-state index contributed by atoms with van der Waals surface area (Å²) in [6.07, 6.45) is 1.12. The van der Waals surface area contributed by atoms with Crippen LogP contribution in [0.4, 0.5) is 0 Å². The van der Waals surface area contributed by atoms with Gasteiger partial charge in [-0.1, -0.05) is 24.3 Å². The highest BCUT2D eigenvalue weighted by Gasteiger charge is 2.25. The molecule has 1 atom stereocenters. The van der Waals surface area contributed by atoms with Crippen LogP contribution < -0.4 is 5.73 Å². The third-order valence-electron chi connectivity index (χ3n) is 3.91. The van der Waals surface area contributed by atoms with Gasteiger partial charge in [0.25, 0.3) is 0 Å². The summed E-state index contributed by atoms with van der Waals surface area (Å²) >= 11 is 1.72. The molecule has 0 bridgehead atoms. The second kappa shape index (κ2) is 5.41. The average molecular weight is 273 g/mol. The van der Waals surface area contributed by atoms with E-state index in [0.29, 0.717) is 12.6 Å². The zero-order valence-electron chi connectivity index (χ0n) is 11.2. The number of thiazole rings is 1. The van der Waals surface area contributed by atoms with Crippen molar-refractivity contribution in [1.29, 1.82) is 0 Å². The maximum Gasteiger partial charge on any atom is 0.0798 e. The minimum atomic E-state index is 0.306. The first-order valence-electron chi connectivity index (χ1n) is 6.70. The number of nitrogens with zero attached hydrogens (tertiary/aromatic N) is 2. The minimum absolute atomic E-state index is 0.306. The first-order valence-corrected chi connectivity index (χ1v) is 7.58. The molecule has 2 heterocycles. The van der Waals surface area contributed by atoms with Crippen molar-refractivity contribution >= 4 is 11.3 Å². The molecule has 0 fully saturated rings. The van der Waals surface area contributed by atoms with E-state index < -0.39 is 0 Å². The zero-order valence-corrected chi connectivity index (χ0v) is 12.0. The number of aromatic nitrogens is 1. The van der Waals surface area contributed by atoms with Crippen LogP contribution in [0.15, 0.2) is 29.8 Å². The van der Waals surface area contributed by atoms with Crippen molar-refractivity contribution < 1.29 is 0 Å². The van der Waals surface area contributed by atoms with Crippen molar-refractivity contribution in [2.75, 3.05) is 13.1 Å². The fourth-order valence-corrected chi connectivity index (χ4v) is 3.79. The molecule has 1 unspecified atom stereocenters. The van der Waals surface area contributed by atoms with E-state index in [4.69, 9.17) is 5.73 Å². The van der Waals surface area contributed by atoms with Crippen LogP contribution in [0.1, 0.15) is 27.7 Å². The summed E-state index contributed by atoms with van der Waals surface area (Å²) < 4.78 is 0. The number of nitrogens with two attached hydrogens (primary N) is 1. The minimum Gasteiger partial charge on any atom is -0.329 e. The van der Waals surface area contributed by atoms with Crippen LogP contribution in [0, 0.1) is 6.92 Å². The van der Waals surface area contributed by atoms with E-state index in [1.54, 1.807) is 11.3 Å². The molecule has 0 radical (unpaired) electrons. The molecular formula is C15H19N3S. The van der Waals surface area contributed by atoms with Gasteiger partial charge in [0, 0.05) is 24.5 Å². The molecule has 0 saturated heterocycles. The van der Waals surface area contributed by atoms with E-state index in [1.165, 1.54) is 16.0 Å². The van der Waals surface area contributed by atoms with E-state index in [2.05, 4.69) is 41.1 Å². The van der Waals surface area contributed by atoms with Crippen LogP contribution in [-0.4, -0.2) is 23.0 Å². The van der Waals surface area contributed by atoms with E-state index in [9.17, 15) is 0 Å². The third kappa shape index (κ3) is 2.43. The van der Waals surface area contributed by atoms with Crippen LogP contribution in [0.3, 0.4) is 0 Å². The van der Waals surface area contributed by atoms with Gasteiger partial charge in [-0.2, -0.15) is 0 Å². The van der Waals surface area contributed by atoms with Gasteiger partial charge in [-0.25, -0.2) is 4.98 Å². The molecule has 3 rings (SSSR count). The summed E-state index contributed by atoms with van der Waals surface area (Å²) in [5.41, 5.74) is 12.0. The summed E-state index contributed by atoms with van der Waals surface area (Å²) in [6, 6.07) is 9.03.